The fraction of sp³-hybridized carbons (Fsp3) is 0.500. The smallest absolute Gasteiger partial charge is 0.164 e. The van der Waals surface area contributed by atoms with Gasteiger partial charge < -0.3 is 0 Å². The monoisotopic (exact) mass is 155 g/mol. The van der Waals surface area contributed by atoms with Gasteiger partial charge in [-0.2, -0.15) is 13.2 Å². The molecule has 3 nitrogen and oxygen atoms in total. The first kappa shape index (κ1) is 6.40. The Morgan fingerprint density at radius 1 is 1.33 bits per heavy atom. The van der Waals surface area contributed by atoms with Crippen LogP contribution in [0.5, 0.6) is 0 Å². The molecule has 0 N–H and O–H groups in total. The molecule has 9 heavy (non-hydrogen) atoms. The highest BCUT2D eigenvalue weighted by molar-refractivity contribution is 7.05. The molecule has 0 aliphatic heterocycles. The zero-order valence-corrected chi connectivity index (χ0v) is 4.70. The second-order valence-corrected chi connectivity index (χ2v) is 1.90. The average Bonchev–Trinajstić information content (AvgIpc) is 2.08. The van der Waals surface area contributed by atoms with E-state index in [1.165, 1.54) is 0 Å². The summed E-state index contributed by atoms with van der Waals surface area (Å²) in [4.78, 5) is 0. The molecule has 1 heterocycles. The lowest BCUT2D eigenvalue weighted by Gasteiger charge is -1.95. The molecule has 0 aromatic carbocycles. The Kier molecular flexibility index (Phi) is 1.35. The second kappa shape index (κ2) is 1.90. The minimum atomic E-state index is -4.39. The van der Waals surface area contributed by atoms with E-state index in [4.69, 9.17) is 0 Å². The van der Waals surface area contributed by atoms with Gasteiger partial charge in [-0.05, 0) is 5.21 Å². The molecule has 1 rings (SSSR count). The normalized spacial score (nSPS) is 11.9. The van der Waals surface area contributed by atoms with Gasteiger partial charge in [0.1, 0.15) is 0 Å². The standard InChI is InChI=1S/C2F3N3S/c3-2(4,5)1-6-7-8-9-1. The topological polar surface area (TPSA) is 38.7 Å². The highest BCUT2D eigenvalue weighted by atomic mass is 32.1. The first-order valence-corrected chi connectivity index (χ1v) is 2.60. The van der Waals surface area contributed by atoms with Crippen molar-refractivity contribution in [2.45, 2.75) is 6.18 Å². The van der Waals surface area contributed by atoms with E-state index in [1.54, 1.807) is 0 Å². The summed E-state index contributed by atoms with van der Waals surface area (Å²) in [6.45, 7) is 0. The molecule has 0 radical (unpaired) electrons. The highest BCUT2D eigenvalue weighted by Crippen LogP contribution is 2.28. The van der Waals surface area contributed by atoms with Crippen molar-refractivity contribution >= 4 is 11.5 Å². The van der Waals surface area contributed by atoms with Crippen molar-refractivity contribution in [3.8, 4) is 0 Å². The molecule has 0 aliphatic carbocycles. The van der Waals surface area contributed by atoms with E-state index in [0.717, 1.165) is 0 Å². The zero-order chi connectivity index (χ0) is 6.91. The molecule has 0 bridgehead atoms. The van der Waals surface area contributed by atoms with Crippen LogP contribution in [-0.2, 0) is 6.18 Å². The van der Waals surface area contributed by atoms with Crippen LogP contribution in [0.15, 0.2) is 0 Å². The van der Waals surface area contributed by atoms with Gasteiger partial charge in [-0.25, -0.2) is 0 Å². The lowest BCUT2D eigenvalue weighted by atomic mass is 10.7. The number of halogens is 3. The fourth-order valence-corrected chi connectivity index (χ4v) is 0.569. The number of hydrogen-bond donors (Lipinski definition) is 0. The Bertz CT molecular complexity index is 179. The van der Waals surface area contributed by atoms with Gasteiger partial charge in [-0.1, -0.05) is 4.49 Å². The summed E-state index contributed by atoms with van der Waals surface area (Å²) in [5.74, 6) is 0. The second-order valence-electron chi connectivity index (χ2n) is 1.17. The van der Waals surface area contributed by atoms with Crippen LogP contribution in [-0.4, -0.2) is 14.8 Å². The summed E-state index contributed by atoms with van der Waals surface area (Å²) in [7, 11) is 0. The first-order valence-electron chi connectivity index (χ1n) is 1.83. The minimum absolute atomic E-state index is 0.233. The summed E-state index contributed by atoms with van der Waals surface area (Å²) < 4.78 is 37.4. The third kappa shape index (κ3) is 1.35. The zero-order valence-electron chi connectivity index (χ0n) is 3.88. The van der Waals surface area contributed by atoms with Crippen LogP contribution in [0, 0.1) is 0 Å². The summed E-state index contributed by atoms with van der Waals surface area (Å²) in [5, 5.41) is 4.50. The first-order chi connectivity index (χ1) is 4.11. The maximum atomic E-state index is 11.5. The van der Waals surface area contributed by atoms with Crippen LogP contribution in [0.1, 0.15) is 5.01 Å². The van der Waals surface area contributed by atoms with E-state index in [9.17, 15) is 13.2 Å². The minimum Gasteiger partial charge on any atom is -0.164 e. The van der Waals surface area contributed by atoms with Gasteiger partial charge in [-0.3, -0.25) is 0 Å². The number of alkyl halides is 3. The van der Waals surface area contributed by atoms with Crippen LogP contribution < -0.4 is 0 Å². The number of hydrogen-bond acceptors (Lipinski definition) is 4. The molecule has 50 valence electrons. The van der Waals surface area contributed by atoms with Gasteiger partial charge in [-0.15, -0.1) is 5.10 Å². The quantitative estimate of drug-likeness (QED) is 0.559. The Balaban J connectivity index is 2.90. The van der Waals surface area contributed by atoms with E-state index in [1.807, 2.05) is 0 Å². The van der Waals surface area contributed by atoms with E-state index >= 15 is 0 Å². The molecule has 0 fully saturated rings. The molecule has 0 aliphatic rings. The number of rotatable bonds is 0. The van der Waals surface area contributed by atoms with Gasteiger partial charge in [0.25, 0.3) is 0 Å². The molecule has 0 amide bonds. The van der Waals surface area contributed by atoms with Crippen LogP contribution in [0.3, 0.4) is 0 Å². The Morgan fingerprint density at radius 2 is 2.00 bits per heavy atom. The van der Waals surface area contributed by atoms with Crippen molar-refractivity contribution in [1.29, 1.82) is 0 Å². The summed E-state index contributed by atoms with van der Waals surface area (Å²) in [5.41, 5.74) is 0. The van der Waals surface area contributed by atoms with Gasteiger partial charge in [0.2, 0.25) is 5.01 Å². The maximum absolute atomic E-state index is 11.5. The Morgan fingerprint density at radius 3 is 2.22 bits per heavy atom. The molecule has 0 spiro atoms. The van der Waals surface area contributed by atoms with Crippen LogP contribution in [0.25, 0.3) is 0 Å². The molecule has 0 unspecified atom stereocenters. The Labute approximate surface area is 51.7 Å². The van der Waals surface area contributed by atoms with Gasteiger partial charge >= 0.3 is 6.18 Å². The predicted octanol–water partition coefficient (Wildman–Crippen LogP) is 0.952. The van der Waals surface area contributed by atoms with E-state index in [2.05, 4.69) is 14.8 Å². The van der Waals surface area contributed by atoms with Crippen LogP contribution >= 0.6 is 11.5 Å². The lowest BCUT2D eigenvalue weighted by molar-refractivity contribution is -0.138. The molecule has 7 heteroatoms. The van der Waals surface area contributed by atoms with Gasteiger partial charge in [0.05, 0.1) is 0 Å². The molecule has 0 saturated carbocycles. The van der Waals surface area contributed by atoms with Crippen molar-refractivity contribution in [2.75, 3.05) is 0 Å². The molecule has 1 aromatic heterocycles. The highest BCUT2D eigenvalue weighted by Gasteiger charge is 2.35. The summed E-state index contributed by atoms with van der Waals surface area (Å²) >= 11 is 0.233. The van der Waals surface area contributed by atoms with Crippen LogP contribution in [0.4, 0.5) is 13.2 Å². The SMILES string of the molecule is FC(F)(F)c1nnns1. The average molecular weight is 155 g/mol. The largest absolute Gasteiger partial charge is 0.446 e. The summed E-state index contributed by atoms with van der Waals surface area (Å²) in [6, 6.07) is 0. The fourth-order valence-electron chi connectivity index (χ4n) is 0.243. The van der Waals surface area contributed by atoms with Crippen molar-refractivity contribution < 1.29 is 13.2 Å². The van der Waals surface area contributed by atoms with Crippen molar-refractivity contribution in [3.63, 3.8) is 0 Å². The summed E-state index contributed by atoms with van der Waals surface area (Å²) in [6.07, 6.45) is -4.39. The van der Waals surface area contributed by atoms with Gasteiger partial charge in [0.15, 0.2) is 0 Å². The Hall–Kier alpha value is -0.720. The van der Waals surface area contributed by atoms with Crippen molar-refractivity contribution in [3.05, 3.63) is 5.01 Å². The number of nitrogens with zero attached hydrogens (tertiary/aromatic N) is 3. The van der Waals surface area contributed by atoms with Crippen molar-refractivity contribution in [2.24, 2.45) is 0 Å². The molecule has 1 aromatic rings. The van der Waals surface area contributed by atoms with Gasteiger partial charge in [0, 0.05) is 11.5 Å². The maximum Gasteiger partial charge on any atom is 0.446 e. The molecule has 0 atom stereocenters. The van der Waals surface area contributed by atoms with E-state index in [-0.39, 0.29) is 11.5 Å². The van der Waals surface area contributed by atoms with E-state index in [0.29, 0.717) is 0 Å². The third-order valence-corrected chi connectivity index (χ3v) is 1.18. The van der Waals surface area contributed by atoms with Crippen molar-refractivity contribution in [1.82, 2.24) is 14.8 Å². The molecular formula is C2F3N3S. The van der Waals surface area contributed by atoms with Crippen LogP contribution in [0.2, 0.25) is 0 Å². The lowest BCUT2D eigenvalue weighted by Crippen LogP contribution is -2.03. The third-order valence-electron chi connectivity index (χ3n) is 0.542. The number of aromatic nitrogens is 3. The molecular weight excluding hydrogens is 155 g/mol. The predicted molar refractivity (Wildman–Crippen MR) is 22.7 cm³/mol. The molecule has 0 saturated heterocycles. The van der Waals surface area contributed by atoms with E-state index < -0.39 is 11.2 Å².